The zero-order chi connectivity index (χ0) is 18.9. The third-order valence-electron chi connectivity index (χ3n) is 3.80. The summed E-state index contributed by atoms with van der Waals surface area (Å²) in [6.07, 6.45) is 1.82. The Morgan fingerprint density at radius 1 is 1.19 bits per heavy atom. The van der Waals surface area contributed by atoms with E-state index in [1.54, 1.807) is 7.05 Å². The molecule has 0 saturated heterocycles. The summed E-state index contributed by atoms with van der Waals surface area (Å²) < 4.78 is 5.73. The van der Waals surface area contributed by atoms with E-state index >= 15 is 0 Å². The van der Waals surface area contributed by atoms with E-state index in [4.69, 9.17) is 16.3 Å². The number of benzene rings is 1. The van der Waals surface area contributed by atoms with Crippen LogP contribution in [-0.2, 0) is 6.54 Å². The van der Waals surface area contributed by atoms with Crippen LogP contribution in [0.3, 0.4) is 0 Å². The summed E-state index contributed by atoms with van der Waals surface area (Å²) in [5, 5.41) is 4.07. The number of hydrogen-bond acceptors (Lipinski definition) is 4. The zero-order valence-corrected chi connectivity index (χ0v) is 16.5. The lowest BCUT2D eigenvalue weighted by Gasteiger charge is -2.22. The molecule has 1 N–H and O–H groups in total. The molecule has 7 heteroatoms. The minimum atomic E-state index is 0.554. The maximum atomic E-state index is 5.87. The maximum Gasteiger partial charge on any atom is 0.193 e. The molecule has 0 amide bonds. The Morgan fingerprint density at radius 2 is 1.92 bits per heavy atom. The topological polar surface area (TPSA) is 53.0 Å². The molecule has 0 saturated carbocycles. The second-order valence-electron chi connectivity index (χ2n) is 6.04. The number of nitrogens with zero attached hydrogens (tertiary/aromatic N) is 4. The smallest absolute Gasteiger partial charge is 0.193 e. The number of nitrogens with one attached hydrogen (secondary N) is 1. The summed E-state index contributed by atoms with van der Waals surface area (Å²) >= 11 is 5.87. The Labute approximate surface area is 160 Å². The number of aliphatic imine (C=N–C) groups is 1. The van der Waals surface area contributed by atoms with Gasteiger partial charge in [-0.25, -0.2) is 4.98 Å². The predicted molar refractivity (Wildman–Crippen MR) is 108 cm³/mol. The Kier molecular flexibility index (Phi) is 7.53. The lowest BCUT2D eigenvalue weighted by Crippen LogP contribution is -2.40. The van der Waals surface area contributed by atoms with Gasteiger partial charge in [-0.3, -0.25) is 4.99 Å². The van der Waals surface area contributed by atoms with E-state index in [0.717, 1.165) is 23.1 Å². The number of ether oxygens (including phenoxy) is 1. The number of guanidine groups is 1. The van der Waals surface area contributed by atoms with E-state index in [1.807, 2.05) is 67.5 Å². The summed E-state index contributed by atoms with van der Waals surface area (Å²) in [5.41, 5.74) is 1.15. The molecule has 0 spiro atoms. The number of likely N-dealkylation sites (N-methyl/N-ethyl adjacent to an activating group) is 1. The largest absolute Gasteiger partial charge is 0.492 e. The summed E-state index contributed by atoms with van der Waals surface area (Å²) in [6.45, 7) is 1.94. The first kappa shape index (κ1) is 19.8. The van der Waals surface area contributed by atoms with E-state index in [0.29, 0.717) is 24.7 Å². The van der Waals surface area contributed by atoms with Crippen molar-refractivity contribution in [2.75, 3.05) is 46.2 Å². The maximum absolute atomic E-state index is 5.87. The lowest BCUT2D eigenvalue weighted by atomic mass is 10.2. The number of hydrogen-bond donors (Lipinski definition) is 1. The molecule has 0 unspecified atom stereocenters. The third kappa shape index (κ3) is 6.11. The SMILES string of the molecule is CN=C(NCc1ccnc(N(C)C)c1)N(C)CCOc1ccc(Cl)cc1. The van der Waals surface area contributed by atoms with E-state index in [9.17, 15) is 0 Å². The predicted octanol–water partition coefficient (Wildman–Crippen LogP) is 2.89. The fourth-order valence-corrected chi connectivity index (χ4v) is 2.44. The number of halogens is 1. The van der Waals surface area contributed by atoms with Crippen LogP contribution in [0.1, 0.15) is 5.56 Å². The average Bonchev–Trinajstić information content (AvgIpc) is 2.64. The Balaban J connectivity index is 1.81. The third-order valence-corrected chi connectivity index (χ3v) is 4.05. The van der Waals surface area contributed by atoms with Crippen molar-refractivity contribution in [2.45, 2.75) is 6.54 Å². The average molecular weight is 376 g/mol. The molecular formula is C19H26ClN5O. The molecule has 0 radical (unpaired) electrons. The van der Waals surface area contributed by atoms with Crippen LogP contribution in [0.5, 0.6) is 5.75 Å². The number of aromatic nitrogens is 1. The van der Waals surface area contributed by atoms with Gasteiger partial charge >= 0.3 is 0 Å². The van der Waals surface area contributed by atoms with Crippen LogP contribution in [0.25, 0.3) is 0 Å². The number of rotatable bonds is 7. The summed E-state index contributed by atoms with van der Waals surface area (Å²) in [5.74, 6) is 2.55. The van der Waals surface area contributed by atoms with Crippen LogP contribution in [0.15, 0.2) is 47.6 Å². The highest BCUT2D eigenvalue weighted by molar-refractivity contribution is 6.30. The Hall–Kier alpha value is -2.47. The van der Waals surface area contributed by atoms with Crippen LogP contribution < -0.4 is 15.0 Å². The van der Waals surface area contributed by atoms with Gasteiger partial charge in [0.1, 0.15) is 18.2 Å². The highest BCUT2D eigenvalue weighted by Crippen LogP contribution is 2.15. The molecule has 26 heavy (non-hydrogen) atoms. The van der Waals surface area contributed by atoms with E-state index in [-0.39, 0.29) is 0 Å². The van der Waals surface area contributed by atoms with Gasteiger partial charge in [0.15, 0.2) is 5.96 Å². The normalized spacial score (nSPS) is 11.2. The van der Waals surface area contributed by atoms with Gasteiger partial charge in [-0.05, 0) is 42.0 Å². The van der Waals surface area contributed by atoms with Crippen LogP contribution in [-0.4, -0.2) is 57.2 Å². The van der Waals surface area contributed by atoms with Crippen molar-refractivity contribution in [1.29, 1.82) is 0 Å². The second-order valence-corrected chi connectivity index (χ2v) is 6.48. The number of pyridine rings is 1. The van der Waals surface area contributed by atoms with E-state index < -0.39 is 0 Å². The summed E-state index contributed by atoms with van der Waals surface area (Å²) in [6, 6.07) is 11.4. The van der Waals surface area contributed by atoms with Crippen molar-refractivity contribution in [3.8, 4) is 5.75 Å². The fourth-order valence-electron chi connectivity index (χ4n) is 2.32. The Bertz CT molecular complexity index is 718. The van der Waals surface area contributed by atoms with E-state index in [2.05, 4.69) is 21.4 Å². The van der Waals surface area contributed by atoms with Crippen LogP contribution in [0.4, 0.5) is 5.82 Å². The minimum absolute atomic E-state index is 0.554. The first-order valence-electron chi connectivity index (χ1n) is 8.42. The second kappa shape index (κ2) is 9.87. The lowest BCUT2D eigenvalue weighted by molar-refractivity contribution is 0.281. The quantitative estimate of drug-likeness (QED) is 0.595. The molecule has 140 valence electrons. The molecule has 0 aliphatic rings. The summed E-state index contributed by atoms with van der Waals surface area (Å²) in [7, 11) is 7.72. The monoisotopic (exact) mass is 375 g/mol. The highest BCUT2D eigenvalue weighted by Gasteiger charge is 2.07. The fraction of sp³-hybridized carbons (Fsp3) is 0.368. The molecule has 0 fully saturated rings. The highest BCUT2D eigenvalue weighted by atomic mass is 35.5. The van der Waals surface area contributed by atoms with E-state index in [1.165, 1.54) is 0 Å². The molecule has 1 aromatic heterocycles. The first-order valence-corrected chi connectivity index (χ1v) is 8.80. The van der Waals surface area contributed by atoms with Gasteiger partial charge in [0.05, 0.1) is 6.54 Å². The van der Waals surface area contributed by atoms with Crippen molar-refractivity contribution < 1.29 is 4.74 Å². The van der Waals surface area contributed by atoms with Crippen molar-refractivity contribution in [1.82, 2.24) is 15.2 Å². The first-order chi connectivity index (χ1) is 12.5. The Morgan fingerprint density at radius 3 is 2.58 bits per heavy atom. The molecule has 6 nitrogen and oxygen atoms in total. The van der Waals surface area contributed by atoms with Gasteiger partial charge in [-0.1, -0.05) is 11.6 Å². The molecular weight excluding hydrogens is 350 g/mol. The van der Waals surface area contributed by atoms with Crippen molar-refractivity contribution in [3.63, 3.8) is 0 Å². The molecule has 0 bridgehead atoms. The molecule has 2 aromatic rings. The van der Waals surface area contributed by atoms with Gasteiger partial charge in [0.2, 0.25) is 0 Å². The number of anilines is 1. The molecule has 0 atom stereocenters. The molecule has 1 aromatic carbocycles. The molecule has 1 heterocycles. The molecule has 0 aliphatic carbocycles. The van der Waals surface area contributed by atoms with Gasteiger partial charge in [0.25, 0.3) is 0 Å². The van der Waals surface area contributed by atoms with Crippen molar-refractivity contribution in [3.05, 3.63) is 53.2 Å². The van der Waals surface area contributed by atoms with Gasteiger partial charge in [-0.15, -0.1) is 0 Å². The minimum Gasteiger partial charge on any atom is -0.492 e. The van der Waals surface area contributed by atoms with Gasteiger partial charge < -0.3 is 19.9 Å². The van der Waals surface area contributed by atoms with Gasteiger partial charge in [-0.2, -0.15) is 0 Å². The molecule has 0 aliphatic heterocycles. The summed E-state index contributed by atoms with van der Waals surface area (Å²) in [4.78, 5) is 12.7. The van der Waals surface area contributed by atoms with Crippen molar-refractivity contribution >= 4 is 23.4 Å². The van der Waals surface area contributed by atoms with Gasteiger partial charge in [0, 0.05) is 46.0 Å². The van der Waals surface area contributed by atoms with Crippen LogP contribution >= 0.6 is 11.6 Å². The van der Waals surface area contributed by atoms with Crippen molar-refractivity contribution in [2.24, 2.45) is 4.99 Å². The zero-order valence-electron chi connectivity index (χ0n) is 15.7. The van der Waals surface area contributed by atoms with Crippen LogP contribution in [0, 0.1) is 0 Å². The standard InChI is InChI=1S/C19H26ClN5O/c1-21-19(23-14-15-9-10-22-18(13-15)24(2)3)25(4)11-12-26-17-7-5-16(20)6-8-17/h5-10,13H,11-12,14H2,1-4H3,(H,21,23). The molecule has 2 rings (SSSR count). The van der Waals surface area contributed by atoms with Crippen LogP contribution in [0.2, 0.25) is 5.02 Å².